The van der Waals surface area contributed by atoms with Crippen molar-refractivity contribution >= 4 is 11.6 Å². The minimum Gasteiger partial charge on any atom is -0.379 e. The fraction of sp³-hybridized carbons (Fsp3) is 0.524. The van der Waals surface area contributed by atoms with E-state index in [0.717, 1.165) is 57.6 Å². The van der Waals surface area contributed by atoms with E-state index < -0.39 is 0 Å². The number of hydrogen-bond acceptors (Lipinski definition) is 6. The van der Waals surface area contributed by atoms with Crippen molar-refractivity contribution in [1.82, 2.24) is 14.9 Å². The van der Waals surface area contributed by atoms with E-state index in [1.165, 1.54) is 24.8 Å². The molecular weight excluding hydrogens is 338 g/mol. The summed E-state index contributed by atoms with van der Waals surface area (Å²) in [6, 6.07) is 13.1. The number of anilines is 2. The number of morpholine rings is 1. The highest BCUT2D eigenvalue weighted by molar-refractivity contribution is 5.48. The summed E-state index contributed by atoms with van der Waals surface area (Å²) in [5.41, 5.74) is 1.33. The zero-order chi connectivity index (χ0) is 18.3. The van der Waals surface area contributed by atoms with Gasteiger partial charge in [0, 0.05) is 38.8 Å². The molecule has 1 aromatic carbocycles. The van der Waals surface area contributed by atoms with Gasteiger partial charge in [0.1, 0.15) is 18.0 Å². The lowest BCUT2D eigenvalue weighted by molar-refractivity contribution is 0.0187. The molecule has 1 atom stereocenters. The van der Waals surface area contributed by atoms with Crippen molar-refractivity contribution in [2.75, 3.05) is 56.2 Å². The van der Waals surface area contributed by atoms with Crippen LogP contribution >= 0.6 is 0 Å². The van der Waals surface area contributed by atoms with Crippen LogP contribution in [0.2, 0.25) is 0 Å². The third-order valence-corrected chi connectivity index (χ3v) is 5.48. The fourth-order valence-corrected chi connectivity index (χ4v) is 3.96. The zero-order valence-electron chi connectivity index (χ0n) is 15.9. The first-order valence-electron chi connectivity index (χ1n) is 10.1. The molecule has 2 aliphatic rings. The summed E-state index contributed by atoms with van der Waals surface area (Å²) < 4.78 is 5.54. The van der Waals surface area contributed by atoms with Gasteiger partial charge < -0.3 is 15.0 Å². The molecule has 27 heavy (non-hydrogen) atoms. The predicted molar refractivity (Wildman–Crippen MR) is 108 cm³/mol. The first-order chi connectivity index (χ1) is 13.4. The van der Waals surface area contributed by atoms with Crippen LogP contribution in [0.25, 0.3) is 0 Å². The molecule has 6 heteroatoms. The molecule has 0 spiro atoms. The standard InChI is InChI=1S/C21H29N5O/c1-3-7-18(8-4-1)19(25-11-13-27-14-12-25)16-22-20-15-21(24-17-23-20)26-9-5-2-6-10-26/h1,3-4,7-8,15,17,19H,2,5-6,9-14,16H2,(H,22,23,24). The van der Waals surface area contributed by atoms with E-state index >= 15 is 0 Å². The van der Waals surface area contributed by atoms with Gasteiger partial charge >= 0.3 is 0 Å². The number of nitrogens with zero attached hydrogens (tertiary/aromatic N) is 4. The minimum absolute atomic E-state index is 0.309. The maximum absolute atomic E-state index is 5.54. The number of rotatable bonds is 6. The van der Waals surface area contributed by atoms with Crippen molar-refractivity contribution in [3.05, 3.63) is 48.3 Å². The highest BCUT2D eigenvalue weighted by Gasteiger charge is 2.22. The largest absolute Gasteiger partial charge is 0.379 e. The van der Waals surface area contributed by atoms with Gasteiger partial charge in [0.05, 0.1) is 19.3 Å². The van der Waals surface area contributed by atoms with E-state index in [-0.39, 0.29) is 0 Å². The van der Waals surface area contributed by atoms with Crippen molar-refractivity contribution < 1.29 is 4.74 Å². The molecule has 0 radical (unpaired) electrons. The molecule has 0 saturated carbocycles. The van der Waals surface area contributed by atoms with Gasteiger partial charge in [-0.05, 0) is 24.8 Å². The third-order valence-electron chi connectivity index (χ3n) is 5.48. The number of piperidine rings is 1. The second-order valence-electron chi connectivity index (χ2n) is 7.26. The Morgan fingerprint density at radius 2 is 1.74 bits per heavy atom. The number of benzene rings is 1. The van der Waals surface area contributed by atoms with Gasteiger partial charge in [-0.25, -0.2) is 9.97 Å². The molecule has 2 fully saturated rings. The van der Waals surface area contributed by atoms with Gasteiger partial charge in [-0.2, -0.15) is 0 Å². The molecule has 4 rings (SSSR count). The zero-order valence-corrected chi connectivity index (χ0v) is 15.9. The Kier molecular flexibility index (Phi) is 6.17. The predicted octanol–water partition coefficient (Wildman–Crippen LogP) is 2.95. The van der Waals surface area contributed by atoms with Crippen LogP contribution < -0.4 is 10.2 Å². The first kappa shape index (κ1) is 18.2. The minimum atomic E-state index is 0.309. The van der Waals surface area contributed by atoms with Crippen molar-refractivity contribution in [2.45, 2.75) is 25.3 Å². The summed E-state index contributed by atoms with van der Waals surface area (Å²) in [5.74, 6) is 1.94. The number of ether oxygens (including phenoxy) is 1. The van der Waals surface area contributed by atoms with E-state index in [1.54, 1.807) is 6.33 Å². The Labute approximate surface area is 161 Å². The van der Waals surface area contributed by atoms with Gasteiger partial charge in [0.15, 0.2) is 0 Å². The summed E-state index contributed by atoms with van der Waals surface area (Å²) in [6.45, 7) is 6.54. The van der Waals surface area contributed by atoms with E-state index in [0.29, 0.717) is 6.04 Å². The third kappa shape index (κ3) is 4.76. The normalized spacial score (nSPS) is 19.6. The Balaban J connectivity index is 1.45. The molecule has 2 aromatic rings. The lowest BCUT2D eigenvalue weighted by atomic mass is 10.0. The van der Waals surface area contributed by atoms with Crippen LogP contribution in [-0.4, -0.2) is 60.8 Å². The molecule has 0 bridgehead atoms. The van der Waals surface area contributed by atoms with Crippen LogP contribution in [0.5, 0.6) is 0 Å². The molecule has 1 aromatic heterocycles. The molecule has 144 valence electrons. The van der Waals surface area contributed by atoms with E-state index in [9.17, 15) is 0 Å². The average Bonchev–Trinajstić information content (AvgIpc) is 2.76. The number of nitrogens with one attached hydrogen (secondary N) is 1. The van der Waals surface area contributed by atoms with Gasteiger partial charge in [-0.3, -0.25) is 4.90 Å². The second-order valence-corrected chi connectivity index (χ2v) is 7.26. The molecule has 2 saturated heterocycles. The molecule has 6 nitrogen and oxygen atoms in total. The molecule has 1 N–H and O–H groups in total. The van der Waals surface area contributed by atoms with Crippen LogP contribution in [0.1, 0.15) is 30.9 Å². The van der Waals surface area contributed by atoms with Gasteiger partial charge in [-0.15, -0.1) is 0 Å². The molecule has 1 unspecified atom stereocenters. The molecule has 2 aliphatic heterocycles. The van der Waals surface area contributed by atoms with Gasteiger partial charge in [0.25, 0.3) is 0 Å². The molecule has 3 heterocycles. The maximum atomic E-state index is 5.54. The SMILES string of the molecule is c1ccc(C(CNc2cc(N3CCCCC3)ncn2)N2CCOCC2)cc1. The lowest BCUT2D eigenvalue weighted by Crippen LogP contribution is -2.41. The van der Waals surface area contributed by atoms with Crippen LogP contribution in [0.3, 0.4) is 0 Å². The van der Waals surface area contributed by atoms with Crippen LogP contribution in [0, 0.1) is 0 Å². The average molecular weight is 367 g/mol. The lowest BCUT2D eigenvalue weighted by Gasteiger charge is -2.35. The Bertz CT molecular complexity index is 699. The summed E-state index contributed by atoms with van der Waals surface area (Å²) in [6.07, 6.45) is 5.50. The monoisotopic (exact) mass is 367 g/mol. The summed E-state index contributed by atoms with van der Waals surface area (Å²) >= 11 is 0. The van der Waals surface area contributed by atoms with Crippen molar-refractivity contribution in [1.29, 1.82) is 0 Å². The van der Waals surface area contributed by atoms with Crippen LogP contribution in [0.15, 0.2) is 42.7 Å². The quantitative estimate of drug-likeness (QED) is 0.847. The molecule has 0 amide bonds. The molecular formula is C21H29N5O. The Morgan fingerprint density at radius 1 is 0.963 bits per heavy atom. The maximum Gasteiger partial charge on any atom is 0.134 e. The summed E-state index contributed by atoms with van der Waals surface area (Å²) in [7, 11) is 0. The van der Waals surface area contributed by atoms with Crippen molar-refractivity contribution in [2.24, 2.45) is 0 Å². The van der Waals surface area contributed by atoms with Crippen molar-refractivity contribution in [3.8, 4) is 0 Å². The number of hydrogen-bond donors (Lipinski definition) is 1. The summed E-state index contributed by atoms with van der Waals surface area (Å²) in [4.78, 5) is 13.8. The Morgan fingerprint density at radius 3 is 2.52 bits per heavy atom. The van der Waals surface area contributed by atoms with Crippen LogP contribution in [0.4, 0.5) is 11.6 Å². The number of aromatic nitrogens is 2. The van der Waals surface area contributed by atoms with Crippen LogP contribution in [-0.2, 0) is 4.74 Å². The second kappa shape index (κ2) is 9.15. The van der Waals surface area contributed by atoms with Gasteiger partial charge in [0.2, 0.25) is 0 Å². The van der Waals surface area contributed by atoms with E-state index in [1.807, 2.05) is 0 Å². The smallest absolute Gasteiger partial charge is 0.134 e. The topological polar surface area (TPSA) is 53.5 Å². The van der Waals surface area contributed by atoms with E-state index in [2.05, 4.69) is 61.5 Å². The van der Waals surface area contributed by atoms with Gasteiger partial charge in [-0.1, -0.05) is 30.3 Å². The highest BCUT2D eigenvalue weighted by atomic mass is 16.5. The highest BCUT2D eigenvalue weighted by Crippen LogP contribution is 2.24. The van der Waals surface area contributed by atoms with E-state index in [4.69, 9.17) is 4.74 Å². The summed E-state index contributed by atoms with van der Waals surface area (Å²) in [5, 5.41) is 3.56. The van der Waals surface area contributed by atoms with Crippen molar-refractivity contribution in [3.63, 3.8) is 0 Å². The molecule has 0 aliphatic carbocycles. The Hall–Kier alpha value is -2.18. The first-order valence-corrected chi connectivity index (χ1v) is 10.1. The fourth-order valence-electron chi connectivity index (χ4n) is 3.96.